The largest absolute Gasteiger partial charge is 0.433 e. The van der Waals surface area contributed by atoms with Crippen LogP contribution in [0.25, 0.3) is 0 Å². The highest BCUT2D eigenvalue weighted by molar-refractivity contribution is 5.38. The third kappa shape index (κ3) is 4.95. The number of pyridine rings is 1. The Hall–Kier alpha value is -2.42. The first-order valence-corrected chi connectivity index (χ1v) is 10.0. The van der Waals surface area contributed by atoms with E-state index in [1.807, 2.05) is 29.3 Å². The van der Waals surface area contributed by atoms with Crippen molar-refractivity contribution in [1.82, 2.24) is 19.9 Å². The van der Waals surface area contributed by atoms with Gasteiger partial charge in [-0.25, -0.2) is 15.0 Å². The van der Waals surface area contributed by atoms with Crippen LogP contribution in [0.15, 0.2) is 36.7 Å². The monoisotopic (exact) mass is 406 g/mol. The highest BCUT2D eigenvalue weighted by Crippen LogP contribution is 2.29. The van der Waals surface area contributed by atoms with Crippen LogP contribution in [0.1, 0.15) is 18.5 Å². The molecule has 4 heterocycles. The second-order valence-electron chi connectivity index (χ2n) is 7.67. The zero-order valence-electron chi connectivity index (χ0n) is 16.2. The normalized spacial score (nSPS) is 21.4. The number of aromatic nitrogens is 3. The average molecular weight is 406 g/mol. The first-order chi connectivity index (χ1) is 14.0. The molecular formula is C20H25F3N6. The number of halogens is 3. The van der Waals surface area contributed by atoms with Crippen molar-refractivity contribution in [3.05, 3.63) is 42.4 Å². The maximum absolute atomic E-state index is 13.0. The number of alkyl halides is 3. The molecule has 0 bridgehead atoms. The fraction of sp³-hybridized carbons (Fsp3) is 0.550. The number of piperidine rings is 1. The molecule has 0 N–H and O–H groups in total. The number of rotatable bonds is 4. The van der Waals surface area contributed by atoms with Gasteiger partial charge in [0.25, 0.3) is 0 Å². The summed E-state index contributed by atoms with van der Waals surface area (Å²) in [6.07, 6.45) is 0.591. The predicted molar refractivity (Wildman–Crippen MR) is 105 cm³/mol. The molecule has 0 aromatic carbocycles. The van der Waals surface area contributed by atoms with Gasteiger partial charge in [-0.15, -0.1) is 0 Å². The van der Waals surface area contributed by atoms with Crippen molar-refractivity contribution in [1.29, 1.82) is 0 Å². The molecule has 0 spiro atoms. The molecule has 2 saturated heterocycles. The van der Waals surface area contributed by atoms with Gasteiger partial charge in [-0.05, 0) is 37.0 Å². The van der Waals surface area contributed by atoms with E-state index in [0.717, 1.165) is 57.4 Å². The number of nitrogens with zero attached hydrogens (tertiary/aromatic N) is 6. The summed E-state index contributed by atoms with van der Waals surface area (Å²) in [6, 6.07) is 6.87. The molecular weight excluding hydrogens is 381 g/mol. The van der Waals surface area contributed by atoms with E-state index in [2.05, 4.69) is 24.8 Å². The van der Waals surface area contributed by atoms with E-state index in [1.54, 1.807) is 0 Å². The summed E-state index contributed by atoms with van der Waals surface area (Å²) in [5, 5.41) is 0. The molecule has 0 aliphatic carbocycles. The third-order valence-electron chi connectivity index (χ3n) is 5.60. The molecule has 2 aliphatic rings. The Bertz CT molecular complexity index is 792. The highest BCUT2D eigenvalue weighted by atomic mass is 19.4. The summed E-state index contributed by atoms with van der Waals surface area (Å²) in [4.78, 5) is 18.9. The van der Waals surface area contributed by atoms with Gasteiger partial charge in [0.2, 0.25) is 5.95 Å². The minimum absolute atomic E-state index is 0.185. The molecule has 1 unspecified atom stereocenters. The second-order valence-corrected chi connectivity index (χ2v) is 7.67. The van der Waals surface area contributed by atoms with Gasteiger partial charge in [0.1, 0.15) is 11.5 Å². The summed E-state index contributed by atoms with van der Waals surface area (Å²) in [6.45, 7) is 6.15. The topological polar surface area (TPSA) is 48.4 Å². The first kappa shape index (κ1) is 19.9. The molecule has 9 heteroatoms. The van der Waals surface area contributed by atoms with Crippen molar-refractivity contribution < 1.29 is 13.2 Å². The quantitative estimate of drug-likeness (QED) is 0.778. The Morgan fingerprint density at radius 3 is 2.48 bits per heavy atom. The second kappa shape index (κ2) is 8.52. The van der Waals surface area contributed by atoms with E-state index in [1.165, 1.54) is 6.20 Å². The van der Waals surface area contributed by atoms with E-state index in [0.29, 0.717) is 19.0 Å². The van der Waals surface area contributed by atoms with Crippen LogP contribution < -0.4 is 9.80 Å². The predicted octanol–water partition coefficient (Wildman–Crippen LogP) is 2.93. The molecule has 156 valence electrons. The molecule has 2 aromatic heterocycles. The van der Waals surface area contributed by atoms with E-state index >= 15 is 0 Å². The summed E-state index contributed by atoms with van der Waals surface area (Å²) < 4.78 is 38.9. The van der Waals surface area contributed by atoms with Crippen molar-refractivity contribution in [3.8, 4) is 0 Å². The molecule has 29 heavy (non-hydrogen) atoms. The molecule has 6 nitrogen and oxygen atoms in total. The van der Waals surface area contributed by atoms with Crippen molar-refractivity contribution in [2.45, 2.75) is 19.0 Å². The van der Waals surface area contributed by atoms with Crippen LogP contribution in [0.4, 0.5) is 24.9 Å². The van der Waals surface area contributed by atoms with Crippen LogP contribution in [0, 0.1) is 5.92 Å². The maximum atomic E-state index is 13.0. The molecule has 1 atom stereocenters. The van der Waals surface area contributed by atoms with E-state index in [-0.39, 0.29) is 5.95 Å². The molecule has 0 radical (unpaired) electrons. The summed E-state index contributed by atoms with van der Waals surface area (Å²) in [5.74, 6) is 1.60. The zero-order valence-corrected chi connectivity index (χ0v) is 16.2. The lowest BCUT2D eigenvalue weighted by Crippen LogP contribution is -2.50. The molecule has 0 saturated carbocycles. The average Bonchev–Trinajstić information content (AvgIpc) is 2.75. The lowest BCUT2D eigenvalue weighted by Gasteiger charge is -2.39. The van der Waals surface area contributed by atoms with E-state index < -0.39 is 11.9 Å². The van der Waals surface area contributed by atoms with Gasteiger partial charge in [0, 0.05) is 58.2 Å². The van der Waals surface area contributed by atoms with Gasteiger partial charge >= 0.3 is 6.18 Å². The summed E-state index contributed by atoms with van der Waals surface area (Å²) in [5.41, 5.74) is -0.879. The Morgan fingerprint density at radius 2 is 1.76 bits per heavy atom. The Morgan fingerprint density at radius 1 is 0.931 bits per heavy atom. The first-order valence-electron chi connectivity index (χ1n) is 10.0. The standard InChI is InChI=1S/C20H25F3N6/c21-20(22,23)17-6-8-25-19(26-17)29-9-3-4-16(15-29)14-27-10-12-28(13-11-27)18-5-1-2-7-24-18/h1-2,5-8,16H,3-4,9-15H2. The van der Waals surface area contributed by atoms with Crippen LogP contribution in [-0.4, -0.2) is 65.7 Å². The van der Waals surface area contributed by atoms with Crippen LogP contribution >= 0.6 is 0 Å². The third-order valence-corrected chi connectivity index (χ3v) is 5.60. The zero-order chi connectivity index (χ0) is 20.3. The van der Waals surface area contributed by atoms with Gasteiger partial charge in [-0.2, -0.15) is 13.2 Å². The van der Waals surface area contributed by atoms with Crippen molar-refractivity contribution >= 4 is 11.8 Å². The van der Waals surface area contributed by atoms with Gasteiger partial charge in [0.15, 0.2) is 0 Å². The maximum Gasteiger partial charge on any atom is 0.433 e. The Kier molecular flexibility index (Phi) is 5.84. The van der Waals surface area contributed by atoms with E-state index in [4.69, 9.17) is 0 Å². The number of anilines is 2. The lowest BCUT2D eigenvalue weighted by atomic mass is 9.97. The summed E-state index contributed by atoms with van der Waals surface area (Å²) in [7, 11) is 0. The molecule has 2 aliphatic heterocycles. The van der Waals surface area contributed by atoms with Gasteiger partial charge in [0.05, 0.1) is 0 Å². The van der Waals surface area contributed by atoms with Gasteiger partial charge < -0.3 is 9.80 Å². The van der Waals surface area contributed by atoms with Crippen molar-refractivity contribution in [3.63, 3.8) is 0 Å². The fourth-order valence-electron chi connectivity index (χ4n) is 4.12. The van der Waals surface area contributed by atoms with Crippen molar-refractivity contribution in [2.24, 2.45) is 5.92 Å². The molecule has 2 fully saturated rings. The number of hydrogen-bond acceptors (Lipinski definition) is 6. The lowest BCUT2D eigenvalue weighted by molar-refractivity contribution is -0.141. The minimum atomic E-state index is -4.44. The Labute approximate surface area is 168 Å². The smallest absolute Gasteiger partial charge is 0.354 e. The van der Waals surface area contributed by atoms with Gasteiger partial charge in [-0.1, -0.05) is 6.07 Å². The van der Waals surface area contributed by atoms with Gasteiger partial charge in [-0.3, -0.25) is 4.90 Å². The molecule has 2 aromatic rings. The Balaban J connectivity index is 1.32. The number of hydrogen-bond donors (Lipinski definition) is 0. The van der Waals surface area contributed by atoms with E-state index in [9.17, 15) is 13.2 Å². The number of piperazine rings is 1. The van der Waals surface area contributed by atoms with Crippen molar-refractivity contribution in [2.75, 3.05) is 55.6 Å². The SMILES string of the molecule is FC(F)(F)c1ccnc(N2CCCC(CN3CCN(c4ccccn4)CC3)C2)n1. The van der Waals surface area contributed by atoms with Crippen LogP contribution in [0.5, 0.6) is 0 Å². The summed E-state index contributed by atoms with van der Waals surface area (Å²) >= 11 is 0. The molecule has 4 rings (SSSR count). The van der Waals surface area contributed by atoms with Crippen LogP contribution in [0.2, 0.25) is 0 Å². The molecule has 0 amide bonds. The van der Waals surface area contributed by atoms with Crippen LogP contribution in [0.3, 0.4) is 0 Å². The minimum Gasteiger partial charge on any atom is -0.354 e. The van der Waals surface area contributed by atoms with Crippen LogP contribution in [-0.2, 0) is 6.18 Å². The highest BCUT2D eigenvalue weighted by Gasteiger charge is 2.34. The fourth-order valence-corrected chi connectivity index (χ4v) is 4.12.